The molecule has 0 saturated heterocycles. The maximum absolute atomic E-state index is 13.7. The van der Waals surface area contributed by atoms with Crippen LogP contribution in [0.4, 0.5) is 23.7 Å². The summed E-state index contributed by atoms with van der Waals surface area (Å²) in [6.45, 7) is 0. The molecular formula is C22H20F3N3O. The first-order valence-electron chi connectivity index (χ1n) is 9.56. The summed E-state index contributed by atoms with van der Waals surface area (Å²) in [4.78, 5) is 16.5. The molecule has 0 unspecified atom stereocenters. The fraction of sp³-hybridized carbons (Fsp3) is 0.273. The predicted molar refractivity (Wildman–Crippen MR) is 105 cm³/mol. The molecule has 1 heterocycles. The minimum absolute atomic E-state index is 0.0126. The molecule has 0 spiro atoms. The van der Waals surface area contributed by atoms with Gasteiger partial charge in [-0.25, -0.2) is 18.0 Å². The van der Waals surface area contributed by atoms with Gasteiger partial charge >= 0.3 is 6.03 Å². The Kier molecular flexibility index (Phi) is 5.38. The molecule has 29 heavy (non-hydrogen) atoms. The van der Waals surface area contributed by atoms with Crippen molar-refractivity contribution >= 4 is 22.6 Å². The number of hydrogen-bond donors (Lipinski definition) is 2. The number of amides is 2. The first-order chi connectivity index (χ1) is 14.0. The van der Waals surface area contributed by atoms with Gasteiger partial charge in [0.2, 0.25) is 0 Å². The molecule has 2 N–H and O–H groups in total. The van der Waals surface area contributed by atoms with Crippen LogP contribution in [-0.4, -0.2) is 17.1 Å². The van der Waals surface area contributed by atoms with Crippen molar-refractivity contribution in [1.82, 2.24) is 10.3 Å². The van der Waals surface area contributed by atoms with Crippen LogP contribution in [0.15, 0.2) is 48.7 Å². The van der Waals surface area contributed by atoms with E-state index in [2.05, 4.69) is 15.6 Å². The highest BCUT2D eigenvalue weighted by Crippen LogP contribution is 2.36. The number of benzene rings is 2. The van der Waals surface area contributed by atoms with Crippen molar-refractivity contribution in [1.29, 1.82) is 0 Å². The summed E-state index contributed by atoms with van der Waals surface area (Å²) in [6, 6.07) is 9.32. The number of hydrogen-bond acceptors (Lipinski definition) is 2. The zero-order chi connectivity index (χ0) is 20.4. The first-order valence-corrected chi connectivity index (χ1v) is 9.56. The van der Waals surface area contributed by atoms with Crippen molar-refractivity contribution in [3.05, 3.63) is 71.7 Å². The van der Waals surface area contributed by atoms with E-state index < -0.39 is 17.7 Å². The molecule has 1 saturated carbocycles. The van der Waals surface area contributed by atoms with Gasteiger partial charge in [0.15, 0.2) is 11.6 Å². The van der Waals surface area contributed by atoms with Crippen molar-refractivity contribution in [2.45, 2.75) is 37.6 Å². The van der Waals surface area contributed by atoms with E-state index in [0.29, 0.717) is 0 Å². The number of carbonyl (C=O) groups excluding carboxylic acids is 1. The van der Waals surface area contributed by atoms with E-state index >= 15 is 0 Å². The summed E-state index contributed by atoms with van der Waals surface area (Å²) in [7, 11) is 0. The number of nitrogens with zero attached hydrogens (tertiary/aromatic N) is 1. The Labute approximate surface area is 166 Å². The van der Waals surface area contributed by atoms with Crippen LogP contribution in [0.25, 0.3) is 10.9 Å². The second-order valence-electron chi connectivity index (χ2n) is 7.34. The Morgan fingerprint density at radius 1 is 0.931 bits per heavy atom. The highest BCUT2D eigenvalue weighted by molar-refractivity contribution is 5.89. The number of nitrogens with one attached hydrogen (secondary N) is 2. The van der Waals surface area contributed by atoms with Gasteiger partial charge in [-0.15, -0.1) is 0 Å². The maximum Gasteiger partial charge on any atom is 0.319 e. The number of anilines is 1. The van der Waals surface area contributed by atoms with E-state index in [9.17, 15) is 18.0 Å². The van der Waals surface area contributed by atoms with E-state index in [1.54, 1.807) is 12.3 Å². The van der Waals surface area contributed by atoms with E-state index in [-0.39, 0.29) is 23.5 Å². The van der Waals surface area contributed by atoms with Gasteiger partial charge in [-0.2, -0.15) is 0 Å². The number of pyridine rings is 1. The molecule has 3 aromatic rings. The van der Waals surface area contributed by atoms with Gasteiger partial charge in [-0.05, 0) is 73.6 Å². The SMILES string of the molecule is O=C(Nc1ccc(F)c(F)c1)NC1CCC(c2ccnc3ccc(F)cc23)CC1. The molecular weight excluding hydrogens is 379 g/mol. The van der Waals surface area contributed by atoms with Crippen molar-refractivity contribution in [2.75, 3.05) is 5.32 Å². The largest absolute Gasteiger partial charge is 0.335 e. The molecule has 7 heteroatoms. The Morgan fingerprint density at radius 2 is 1.72 bits per heavy atom. The molecule has 2 amide bonds. The van der Waals surface area contributed by atoms with Crippen LogP contribution >= 0.6 is 0 Å². The first kappa shape index (κ1) is 19.2. The van der Waals surface area contributed by atoms with Gasteiger partial charge in [0.1, 0.15) is 5.82 Å². The number of halogens is 3. The molecule has 1 aliphatic carbocycles. The zero-order valence-electron chi connectivity index (χ0n) is 15.6. The number of carbonyl (C=O) groups is 1. The van der Waals surface area contributed by atoms with E-state index in [1.807, 2.05) is 6.07 Å². The summed E-state index contributed by atoms with van der Waals surface area (Å²) in [6.07, 6.45) is 5.00. The molecule has 1 aromatic heterocycles. The van der Waals surface area contributed by atoms with Gasteiger partial charge in [0, 0.05) is 29.4 Å². The van der Waals surface area contributed by atoms with Crippen LogP contribution in [0, 0.1) is 17.5 Å². The van der Waals surface area contributed by atoms with Crippen LogP contribution in [-0.2, 0) is 0 Å². The monoisotopic (exact) mass is 399 g/mol. The summed E-state index contributed by atoms with van der Waals surface area (Å²) in [5.74, 6) is -1.98. The zero-order valence-corrected chi connectivity index (χ0v) is 15.6. The molecule has 150 valence electrons. The maximum atomic E-state index is 13.7. The highest BCUT2D eigenvalue weighted by Gasteiger charge is 2.25. The van der Waals surface area contributed by atoms with Gasteiger partial charge in [0.25, 0.3) is 0 Å². The van der Waals surface area contributed by atoms with Crippen LogP contribution in [0.2, 0.25) is 0 Å². The van der Waals surface area contributed by atoms with Gasteiger partial charge in [-0.3, -0.25) is 4.98 Å². The second kappa shape index (κ2) is 8.11. The lowest BCUT2D eigenvalue weighted by atomic mass is 9.80. The lowest BCUT2D eigenvalue weighted by Gasteiger charge is -2.30. The van der Waals surface area contributed by atoms with Crippen molar-refractivity contribution in [2.24, 2.45) is 0 Å². The second-order valence-corrected chi connectivity index (χ2v) is 7.34. The summed E-state index contributed by atoms with van der Waals surface area (Å²) in [5, 5.41) is 6.24. The lowest BCUT2D eigenvalue weighted by Crippen LogP contribution is -2.39. The smallest absolute Gasteiger partial charge is 0.319 e. The third-order valence-corrected chi connectivity index (χ3v) is 5.42. The average molecular weight is 399 g/mol. The fourth-order valence-corrected chi connectivity index (χ4v) is 3.97. The standard InChI is InChI=1S/C22H20F3N3O/c23-14-3-8-21-18(11-14)17(9-10-26-21)13-1-4-15(5-2-13)27-22(29)28-16-6-7-19(24)20(25)12-16/h3,6-13,15H,1-2,4-5H2,(H2,27,28,29). The molecule has 4 rings (SSSR count). The van der Waals surface area contributed by atoms with E-state index in [0.717, 1.165) is 54.3 Å². The van der Waals surface area contributed by atoms with Crippen LogP contribution in [0.5, 0.6) is 0 Å². The Hall–Kier alpha value is -3.09. The Bertz CT molecular complexity index is 1050. The number of fused-ring (bicyclic) bond motifs is 1. The highest BCUT2D eigenvalue weighted by atomic mass is 19.2. The number of rotatable bonds is 3. The fourth-order valence-electron chi connectivity index (χ4n) is 3.97. The van der Waals surface area contributed by atoms with Crippen molar-refractivity contribution in [3.8, 4) is 0 Å². The third-order valence-electron chi connectivity index (χ3n) is 5.42. The summed E-state index contributed by atoms with van der Waals surface area (Å²) >= 11 is 0. The Morgan fingerprint density at radius 3 is 2.48 bits per heavy atom. The molecule has 2 aromatic carbocycles. The van der Waals surface area contributed by atoms with E-state index in [1.165, 1.54) is 18.2 Å². The predicted octanol–water partition coefficient (Wildman–Crippen LogP) is 5.50. The van der Waals surface area contributed by atoms with Crippen molar-refractivity contribution < 1.29 is 18.0 Å². The van der Waals surface area contributed by atoms with E-state index in [4.69, 9.17) is 0 Å². The molecule has 4 nitrogen and oxygen atoms in total. The van der Waals surface area contributed by atoms with Crippen LogP contribution in [0.3, 0.4) is 0 Å². The minimum Gasteiger partial charge on any atom is -0.335 e. The van der Waals surface area contributed by atoms with Crippen LogP contribution in [0.1, 0.15) is 37.2 Å². The normalized spacial score (nSPS) is 19.1. The average Bonchev–Trinajstić information content (AvgIpc) is 2.71. The third kappa shape index (κ3) is 4.34. The quantitative estimate of drug-likeness (QED) is 0.611. The topological polar surface area (TPSA) is 54.0 Å². The summed E-state index contributed by atoms with van der Waals surface area (Å²) in [5.41, 5.74) is 2.05. The van der Waals surface area contributed by atoms with Crippen molar-refractivity contribution in [3.63, 3.8) is 0 Å². The molecule has 0 bridgehead atoms. The van der Waals surface area contributed by atoms with Gasteiger partial charge < -0.3 is 10.6 Å². The minimum atomic E-state index is -1.01. The molecule has 0 atom stereocenters. The molecule has 1 fully saturated rings. The Balaban J connectivity index is 1.37. The molecule has 0 aliphatic heterocycles. The van der Waals surface area contributed by atoms with Gasteiger partial charge in [0.05, 0.1) is 5.52 Å². The van der Waals surface area contributed by atoms with Gasteiger partial charge in [-0.1, -0.05) is 0 Å². The lowest BCUT2D eigenvalue weighted by molar-refractivity contribution is 0.242. The number of aromatic nitrogens is 1. The molecule has 1 aliphatic rings. The molecule has 0 radical (unpaired) electrons. The number of urea groups is 1. The summed E-state index contributed by atoms with van der Waals surface area (Å²) < 4.78 is 39.9. The van der Waals surface area contributed by atoms with Crippen LogP contribution < -0.4 is 10.6 Å².